The van der Waals surface area contributed by atoms with Crippen molar-refractivity contribution >= 4 is 17.3 Å². The van der Waals surface area contributed by atoms with Gasteiger partial charge in [-0.15, -0.1) is 0 Å². The molecule has 0 bridgehead atoms. The van der Waals surface area contributed by atoms with Gasteiger partial charge in [-0.3, -0.25) is 14.9 Å². The Labute approximate surface area is 151 Å². The molecular weight excluding hydrogens is 338 g/mol. The molecule has 1 amide bonds. The highest BCUT2D eigenvalue weighted by molar-refractivity contribution is 5.94. The fourth-order valence-corrected chi connectivity index (χ4v) is 2.34. The molecule has 0 radical (unpaired) electrons. The number of ether oxygens (including phenoxy) is 2. The Hall–Kier alpha value is -3.29. The molecule has 0 spiro atoms. The number of carbonyl (C=O) groups is 1. The van der Waals surface area contributed by atoms with Gasteiger partial charge in [0.25, 0.3) is 5.69 Å². The molecule has 0 heterocycles. The zero-order valence-electron chi connectivity index (χ0n) is 14.7. The summed E-state index contributed by atoms with van der Waals surface area (Å²) in [4.78, 5) is 21.9. The number of nitrogens with two attached hydrogens (primary N) is 1. The number of carbonyl (C=O) groups excluding carboxylic acids is 1. The van der Waals surface area contributed by atoms with Crippen molar-refractivity contribution < 1.29 is 19.2 Å². The number of benzene rings is 2. The lowest BCUT2D eigenvalue weighted by Crippen LogP contribution is -2.12. The first-order valence-corrected chi connectivity index (χ1v) is 8.08. The molecule has 0 aliphatic rings. The molecule has 3 N–H and O–H groups in total. The molecule has 138 valence electrons. The van der Waals surface area contributed by atoms with Gasteiger partial charge in [0.2, 0.25) is 5.91 Å². The van der Waals surface area contributed by atoms with Crippen LogP contribution in [0.3, 0.4) is 0 Å². The van der Waals surface area contributed by atoms with Gasteiger partial charge < -0.3 is 20.5 Å². The van der Waals surface area contributed by atoms with E-state index in [-0.39, 0.29) is 11.3 Å². The lowest BCUT2D eigenvalue weighted by Gasteiger charge is -2.13. The number of primary amides is 1. The fraction of sp³-hybridized carbons (Fsp3) is 0.278. The van der Waals surface area contributed by atoms with Crippen LogP contribution in [0.2, 0.25) is 0 Å². The summed E-state index contributed by atoms with van der Waals surface area (Å²) in [7, 11) is 1.55. The van der Waals surface area contributed by atoms with E-state index in [4.69, 9.17) is 15.2 Å². The van der Waals surface area contributed by atoms with E-state index in [1.807, 2.05) is 19.1 Å². The minimum atomic E-state index is -0.716. The summed E-state index contributed by atoms with van der Waals surface area (Å²) in [6.07, 6.45) is 0.886. The molecule has 0 fully saturated rings. The molecule has 8 heteroatoms. The van der Waals surface area contributed by atoms with E-state index in [1.54, 1.807) is 13.2 Å². The van der Waals surface area contributed by atoms with E-state index in [9.17, 15) is 14.9 Å². The number of rotatable bonds is 9. The number of methoxy groups -OCH3 is 1. The number of nitro benzene ring substituents is 1. The summed E-state index contributed by atoms with van der Waals surface area (Å²) in [5.41, 5.74) is 6.20. The normalized spacial score (nSPS) is 10.2. The third kappa shape index (κ3) is 4.62. The van der Waals surface area contributed by atoms with Crippen LogP contribution in [0.4, 0.5) is 11.4 Å². The Balaban J connectivity index is 2.18. The average Bonchev–Trinajstić information content (AvgIpc) is 2.64. The zero-order chi connectivity index (χ0) is 19.1. The van der Waals surface area contributed by atoms with Crippen molar-refractivity contribution in [1.82, 2.24) is 0 Å². The Morgan fingerprint density at radius 3 is 2.62 bits per heavy atom. The van der Waals surface area contributed by atoms with E-state index >= 15 is 0 Å². The largest absolute Gasteiger partial charge is 0.493 e. The first-order valence-electron chi connectivity index (χ1n) is 8.08. The van der Waals surface area contributed by atoms with Crippen LogP contribution in [0.15, 0.2) is 36.4 Å². The molecule has 0 atom stereocenters. The van der Waals surface area contributed by atoms with Crippen molar-refractivity contribution in [1.29, 1.82) is 0 Å². The van der Waals surface area contributed by atoms with Crippen molar-refractivity contribution in [3.8, 4) is 11.5 Å². The summed E-state index contributed by atoms with van der Waals surface area (Å²) < 4.78 is 10.9. The van der Waals surface area contributed by atoms with Crippen LogP contribution < -0.4 is 20.5 Å². The number of anilines is 1. The molecule has 0 aliphatic heterocycles. The molecule has 0 aromatic heterocycles. The molecule has 2 aromatic rings. The highest BCUT2D eigenvalue weighted by atomic mass is 16.6. The number of hydrogen-bond acceptors (Lipinski definition) is 6. The lowest BCUT2D eigenvalue weighted by atomic mass is 10.1. The SMILES string of the molecule is CCCOc1ccc(CNc2ccc(C(N)=O)cc2[N+](=O)[O-])cc1OC. The summed E-state index contributed by atoms with van der Waals surface area (Å²) in [6.45, 7) is 2.94. The molecule has 0 unspecified atom stereocenters. The van der Waals surface area contributed by atoms with E-state index in [1.165, 1.54) is 12.1 Å². The average molecular weight is 359 g/mol. The van der Waals surface area contributed by atoms with Crippen LogP contribution in [0.1, 0.15) is 29.3 Å². The van der Waals surface area contributed by atoms with E-state index in [2.05, 4.69) is 5.32 Å². The molecule has 0 saturated carbocycles. The number of amides is 1. The summed E-state index contributed by atoms with van der Waals surface area (Å²) in [6, 6.07) is 9.53. The number of nitro groups is 1. The third-order valence-electron chi connectivity index (χ3n) is 3.65. The highest BCUT2D eigenvalue weighted by Gasteiger charge is 2.16. The lowest BCUT2D eigenvalue weighted by molar-refractivity contribution is -0.384. The molecule has 2 rings (SSSR count). The van der Waals surface area contributed by atoms with Gasteiger partial charge in [-0.2, -0.15) is 0 Å². The van der Waals surface area contributed by atoms with Gasteiger partial charge in [-0.1, -0.05) is 13.0 Å². The van der Waals surface area contributed by atoms with Crippen LogP contribution >= 0.6 is 0 Å². The summed E-state index contributed by atoms with van der Waals surface area (Å²) in [5, 5.41) is 14.2. The highest BCUT2D eigenvalue weighted by Crippen LogP contribution is 2.30. The first-order chi connectivity index (χ1) is 12.5. The van der Waals surface area contributed by atoms with Crippen molar-refractivity contribution in [3.05, 3.63) is 57.6 Å². The van der Waals surface area contributed by atoms with Gasteiger partial charge in [0.15, 0.2) is 11.5 Å². The molecule has 26 heavy (non-hydrogen) atoms. The van der Waals surface area contributed by atoms with Gasteiger partial charge in [-0.05, 0) is 36.2 Å². The number of nitrogens with zero attached hydrogens (tertiary/aromatic N) is 1. The van der Waals surface area contributed by atoms with Crippen molar-refractivity contribution in [3.63, 3.8) is 0 Å². The minimum Gasteiger partial charge on any atom is -0.493 e. The quantitative estimate of drug-likeness (QED) is 0.525. The third-order valence-corrected chi connectivity index (χ3v) is 3.65. The Kier molecular flexibility index (Phi) is 6.37. The van der Waals surface area contributed by atoms with Gasteiger partial charge in [-0.25, -0.2) is 0 Å². The fourth-order valence-electron chi connectivity index (χ4n) is 2.34. The molecule has 2 aromatic carbocycles. The smallest absolute Gasteiger partial charge is 0.293 e. The molecule has 0 saturated heterocycles. The molecule has 0 aliphatic carbocycles. The number of nitrogens with one attached hydrogen (secondary N) is 1. The second kappa shape index (κ2) is 8.70. The Morgan fingerprint density at radius 1 is 1.23 bits per heavy atom. The maximum Gasteiger partial charge on any atom is 0.293 e. The Morgan fingerprint density at radius 2 is 2.00 bits per heavy atom. The van der Waals surface area contributed by atoms with E-state index in [0.717, 1.165) is 18.1 Å². The standard InChI is InChI=1S/C18H21N3O5/c1-3-8-26-16-7-4-12(9-17(16)25-2)11-20-14-6-5-13(18(19)22)10-15(14)21(23)24/h4-7,9-10,20H,3,8,11H2,1-2H3,(H2,19,22). The zero-order valence-corrected chi connectivity index (χ0v) is 14.7. The van der Waals surface area contributed by atoms with Crippen LogP contribution in [0.5, 0.6) is 11.5 Å². The van der Waals surface area contributed by atoms with Gasteiger partial charge in [0, 0.05) is 18.2 Å². The van der Waals surface area contributed by atoms with Crippen LogP contribution in [0, 0.1) is 10.1 Å². The van der Waals surface area contributed by atoms with Gasteiger partial charge >= 0.3 is 0 Å². The predicted octanol–water partition coefficient (Wildman–Crippen LogP) is 3.10. The van der Waals surface area contributed by atoms with Crippen molar-refractivity contribution in [2.45, 2.75) is 19.9 Å². The maximum atomic E-state index is 11.2. The van der Waals surface area contributed by atoms with E-state index in [0.29, 0.717) is 30.3 Å². The van der Waals surface area contributed by atoms with Crippen molar-refractivity contribution in [2.75, 3.05) is 19.0 Å². The maximum absolute atomic E-state index is 11.2. The van der Waals surface area contributed by atoms with Gasteiger partial charge in [0.05, 0.1) is 18.6 Å². The number of hydrogen-bond donors (Lipinski definition) is 2. The topological polar surface area (TPSA) is 117 Å². The van der Waals surface area contributed by atoms with Crippen LogP contribution in [-0.4, -0.2) is 24.5 Å². The monoisotopic (exact) mass is 359 g/mol. The van der Waals surface area contributed by atoms with Gasteiger partial charge in [0.1, 0.15) is 5.69 Å². The second-order valence-corrected chi connectivity index (χ2v) is 5.54. The summed E-state index contributed by atoms with van der Waals surface area (Å²) in [5.74, 6) is 0.526. The van der Waals surface area contributed by atoms with Crippen LogP contribution in [-0.2, 0) is 6.54 Å². The minimum absolute atomic E-state index is 0.0846. The summed E-state index contributed by atoms with van der Waals surface area (Å²) >= 11 is 0. The molecular formula is C18H21N3O5. The van der Waals surface area contributed by atoms with Crippen molar-refractivity contribution in [2.24, 2.45) is 5.73 Å². The first kappa shape index (κ1) is 19.0. The predicted molar refractivity (Wildman–Crippen MR) is 97.7 cm³/mol. The Bertz CT molecular complexity index is 807. The second-order valence-electron chi connectivity index (χ2n) is 5.54. The van der Waals surface area contributed by atoms with E-state index < -0.39 is 10.8 Å². The van der Waals surface area contributed by atoms with Crippen LogP contribution in [0.25, 0.3) is 0 Å². The molecule has 8 nitrogen and oxygen atoms in total.